The number of nitrogens with zero attached hydrogens (tertiary/aromatic N) is 2. The Kier molecular flexibility index (Phi) is 26.3. The van der Waals surface area contributed by atoms with E-state index in [1.807, 2.05) is 25.2 Å². The van der Waals surface area contributed by atoms with Gasteiger partial charge in [0.05, 0.1) is 0 Å². The third-order valence-corrected chi connectivity index (χ3v) is 12.3. The third kappa shape index (κ3) is 18.4. The summed E-state index contributed by atoms with van der Waals surface area (Å²) in [5, 5.41) is 10.6. The Morgan fingerprint density at radius 3 is 1.64 bits per heavy atom. The van der Waals surface area contributed by atoms with Crippen molar-refractivity contribution < 1.29 is 23.9 Å². The van der Waals surface area contributed by atoms with Crippen molar-refractivity contribution in [2.24, 2.45) is 5.73 Å². The van der Waals surface area contributed by atoms with Gasteiger partial charge in [-0.3, -0.25) is 9.59 Å². The highest BCUT2D eigenvalue weighted by atomic mass is 16.4. The number of aliphatic carboxylic acids is 1. The van der Waals surface area contributed by atoms with E-state index in [1.54, 1.807) is 11.0 Å². The van der Waals surface area contributed by atoms with Gasteiger partial charge in [0.15, 0.2) is 11.3 Å². The molecule has 2 unspecified atom stereocenters. The summed E-state index contributed by atoms with van der Waals surface area (Å²) in [5.41, 5.74) is 5.43. The SMILES string of the molecule is CCCCCCCCCCCCCCC(N)(C(=O)O)C(=O)CCCCCCCCCCC(CCCCCC)N(C)C(=O)c1cc2ccc(N(CC)CC)cc2oc1=O. The molecule has 3 N–H and O–H groups in total. The fraction of sp³-hybridized carbons (Fsp3) is 0.755. The number of carbonyl (C=O) groups is 3. The number of carboxylic acids is 1. The molecule has 9 nitrogen and oxygen atoms in total. The number of hydrogen-bond donors (Lipinski definition) is 2. The molecule has 1 aromatic heterocycles. The van der Waals surface area contributed by atoms with E-state index in [9.17, 15) is 24.3 Å². The molecule has 2 aromatic rings. The zero-order valence-corrected chi connectivity index (χ0v) is 37.6. The van der Waals surface area contributed by atoms with Crippen LogP contribution < -0.4 is 16.3 Å². The number of benzene rings is 1. The minimum Gasteiger partial charge on any atom is -0.480 e. The van der Waals surface area contributed by atoms with Gasteiger partial charge < -0.3 is 25.1 Å². The van der Waals surface area contributed by atoms with E-state index in [0.717, 1.165) is 120 Å². The minimum atomic E-state index is -1.76. The molecule has 2 rings (SSSR count). The number of fused-ring (bicyclic) bond motifs is 1. The van der Waals surface area contributed by atoms with E-state index in [-0.39, 0.29) is 36.1 Å². The van der Waals surface area contributed by atoms with E-state index in [4.69, 9.17) is 10.2 Å². The van der Waals surface area contributed by atoms with Gasteiger partial charge in [-0.25, -0.2) is 9.59 Å². The highest BCUT2D eigenvalue weighted by Gasteiger charge is 2.40. The van der Waals surface area contributed by atoms with Crippen LogP contribution in [-0.2, 0) is 9.59 Å². The van der Waals surface area contributed by atoms with E-state index in [0.29, 0.717) is 18.4 Å². The van der Waals surface area contributed by atoms with Crippen molar-refractivity contribution in [3.8, 4) is 0 Å². The molecule has 330 valence electrons. The van der Waals surface area contributed by atoms with Crippen molar-refractivity contribution in [3.63, 3.8) is 0 Å². The molecule has 0 radical (unpaired) electrons. The lowest BCUT2D eigenvalue weighted by atomic mass is 9.86. The summed E-state index contributed by atoms with van der Waals surface area (Å²) in [6.45, 7) is 10.3. The Bertz CT molecular complexity index is 1500. The van der Waals surface area contributed by atoms with E-state index < -0.39 is 17.1 Å². The second kappa shape index (κ2) is 29.9. The van der Waals surface area contributed by atoms with Gasteiger partial charge in [-0.2, -0.15) is 0 Å². The molecule has 0 aliphatic carbocycles. The van der Waals surface area contributed by atoms with Crippen LogP contribution in [0.2, 0.25) is 0 Å². The Morgan fingerprint density at radius 2 is 1.14 bits per heavy atom. The van der Waals surface area contributed by atoms with Crippen LogP contribution in [0, 0.1) is 0 Å². The first-order chi connectivity index (χ1) is 28.0. The monoisotopic (exact) mass is 810 g/mol. The summed E-state index contributed by atoms with van der Waals surface area (Å²) in [7, 11) is 1.83. The highest BCUT2D eigenvalue weighted by Crippen LogP contribution is 2.25. The Morgan fingerprint density at radius 1 is 0.672 bits per heavy atom. The quantitative estimate of drug-likeness (QED) is 0.0395. The van der Waals surface area contributed by atoms with Crippen molar-refractivity contribution in [1.29, 1.82) is 0 Å². The van der Waals surface area contributed by atoms with Crippen LogP contribution in [0.4, 0.5) is 5.69 Å². The highest BCUT2D eigenvalue weighted by molar-refractivity contribution is 6.07. The molecule has 0 saturated heterocycles. The maximum Gasteiger partial charge on any atom is 0.349 e. The Labute approximate surface area is 352 Å². The molecule has 58 heavy (non-hydrogen) atoms. The molecule has 0 saturated carbocycles. The first-order valence-corrected chi connectivity index (χ1v) is 23.7. The number of nitrogens with two attached hydrogens (primary N) is 1. The fourth-order valence-corrected chi connectivity index (χ4v) is 8.29. The number of rotatable bonds is 36. The minimum absolute atomic E-state index is 0.0576. The second-order valence-electron chi connectivity index (χ2n) is 17.0. The fourth-order valence-electron chi connectivity index (χ4n) is 8.29. The Hall–Kier alpha value is -3.20. The third-order valence-electron chi connectivity index (χ3n) is 12.3. The number of hydrogen-bond acceptors (Lipinski definition) is 7. The van der Waals surface area contributed by atoms with Gasteiger partial charge >= 0.3 is 11.6 Å². The standard InChI is InChI=1S/C49H83N3O6/c1-6-10-12-14-15-16-17-18-21-24-27-31-37-49(50,48(56)57)45(53)34-30-26-23-20-19-22-25-29-33-41(32-28-13-11-7-2)51(5)46(54)43-38-40-35-36-42(52(8-3)9-4)39-44(40)58-47(43)55/h35-36,38-39,41H,6-34,37,50H2,1-5H3,(H,56,57). The van der Waals surface area contributed by atoms with Crippen LogP contribution >= 0.6 is 0 Å². The van der Waals surface area contributed by atoms with Crippen LogP contribution in [0.15, 0.2) is 33.5 Å². The van der Waals surface area contributed by atoms with Crippen LogP contribution in [0.5, 0.6) is 0 Å². The molecular formula is C49H83N3O6. The summed E-state index contributed by atoms with van der Waals surface area (Å²) >= 11 is 0. The number of unbranched alkanes of at least 4 members (excludes halogenated alkanes) is 21. The molecule has 9 heteroatoms. The molecule has 1 heterocycles. The largest absolute Gasteiger partial charge is 0.480 e. The number of ketones is 1. The molecular weight excluding hydrogens is 727 g/mol. The lowest BCUT2D eigenvalue weighted by molar-refractivity contribution is -0.148. The average molecular weight is 810 g/mol. The first-order valence-electron chi connectivity index (χ1n) is 23.7. The molecule has 0 aliphatic rings. The van der Waals surface area contributed by atoms with Crippen molar-refractivity contribution in [2.45, 2.75) is 219 Å². The van der Waals surface area contributed by atoms with Crippen LogP contribution in [-0.4, -0.2) is 59.4 Å². The molecule has 0 fully saturated rings. The normalized spacial score (nSPS) is 13.1. The molecule has 1 amide bonds. The van der Waals surface area contributed by atoms with Crippen molar-refractivity contribution in [1.82, 2.24) is 4.90 Å². The molecule has 0 aliphatic heterocycles. The van der Waals surface area contributed by atoms with Gasteiger partial charge in [0, 0.05) is 49.7 Å². The zero-order valence-electron chi connectivity index (χ0n) is 37.6. The summed E-state index contributed by atoms with van der Waals surface area (Å²) < 4.78 is 5.70. The maximum atomic E-state index is 13.7. The topological polar surface area (TPSA) is 134 Å². The summed E-state index contributed by atoms with van der Waals surface area (Å²) in [4.78, 5) is 55.8. The van der Waals surface area contributed by atoms with Crippen molar-refractivity contribution in [3.05, 3.63) is 40.2 Å². The van der Waals surface area contributed by atoms with E-state index in [2.05, 4.69) is 32.6 Å². The van der Waals surface area contributed by atoms with Gasteiger partial charge in [-0.05, 0) is 57.7 Å². The predicted octanol–water partition coefficient (Wildman–Crippen LogP) is 12.4. The van der Waals surface area contributed by atoms with Crippen LogP contribution in [0.3, 0.4) is 0 Å². The van der Waals surface area contributed by atoms with Crippen molar-refractivity contribution in [2.75, 3.05) is 25.0 Å². The maximum absolute atomic E-state index is 13.7. The second-order valence-corrected chi connectivity index (χ2v) is 17.0. The van der Waals surface area contributed by atoms with E-state index >= 15 is 0 Å². The van der Waals surface area contributed by atoms with Gasteiger partial charge in [0.25, 0.3) is 5.91 Å². The summed E-state index contributed by atoms with van der Waals surface area (Å²) in [6.07, 6.45) is 29.0. The van der Waals surface area contributed by atoms with Crippen LogP contribution in [0.25, 0.3) is 11.0 Å². The summed E-state index contributed by atoms with van der Waals surface area (Å²) in [5.74, 6) is -1.80. The molecule has 0 spiro atoms. The predicted molar refractivity (Wildman–Crippen MR) is 242 cm³/mol. The Balaban J connectivity index is 1.72. The number of anilines is 1. The lowest BCUT2D eigenvalue weighted by Gasteiger charge is -2.28. The van der Waals surface area contributed by atoms with Crippen molar-refractivity contribution >= 4 is 34.3 Å². The van der Waals surface area contributed by atoms with Crippen LogP contribution in [0.1, 0.15) is 218 Å². The number of carboxylic acid groups (broad SMARTS) is 1. The smallest absolute Gasteiger partial charge is 0.349 e. The molecule has 2 atom stereocenters. The van der Waals surface area contributed by atoms with Gasteiger partial charge in [0.2, 0.25) is 0 Å². The molecule has 0 bridgehead atoms. The first kappa shape index (κ1) is 50.9. The lowest BCUT2D eigenvalue weighted by Crippen LogP contribution is -2.54. The van der Waals surface area contributed by atoms with E-state index in [1.165, 1.54) is 57.8 Å². The summed E-state index contributed by atoms with van der Waals surface area (Å²) in [6, 6.07) is 7.57. The van der Waals surface area contributed by atoms with Gasteiger partial charge in [0.1, 0.15) is 11.1 Å². The number of carbonyl (C=O) groups excluding carboxylic acids is 2. The van der Waals surface area contributed by atoms with Gasteiger partial charge in [-0.1, -0.05) is 162 Å². The van der Waals surface area contributed by atoms with Gasteiger partial charge in [-0.15, -0.1) is 0 Å². The molecule has 1 aromatic carbocycles. The number of Topliss-reactive ketones (excluding diaryl/α,β-unsaturated/α-hetero) is 1. The number of amides is 1. The average Bonchev–Trinajstić information content (AvgIpc) is 3.21. The zero-order chi connectivity index (χ0) is 42.6.